The molecular formula is C14H16N3O3S+. The fraction of sp³-hybridized carbons (Fsp3) is 0.143. The van der Waals surface area contributed by atoms with Gasteiger partial charge >= 0.3 is 6.03 Å². The van der Waals surface area contributed by atoms with Crippen molar-refractivity contribution >= 4 is 16.1 Å². The Kier molecular flexibility index (Phi) is 4.54. The fourth-order valence-corrected chi connectivity index (χ4v) is 2.59. The maximum absolute atomic E-state index is 12.0. The Bertz CT molecular complexity index is 713. The van der Waals surface area contributed by atoms with Gasteiger partial charge in [0.25, 0.3) is 10.0 Å². The lowest BCUT2D eigenvalue weighted by molar-refractivity contribution is -0.378. The van der Waals surface area contributed by atoms with Gasteiger partial charge in [-0.05, 0) is 25.1 Å². The van der Waals surface area contributed by atoms with Crippen molar-refractivity contribution in [1.29, 1.82) is 0 Å². The van der Waals surface area contributed by atoms with Gasteiger partial charge in [-0.2, -0.15) is 0 Å². The molecule has 0 fully saturated rings. The van der Waals surface area contributed by atoms with Crippen molar-refractivity contribution in [3.63, 3.8) is 0 Å². The van der Waals surface area contributed by atoms with Gasteiger partial charge in [0.1, 0.15) is 0 Å². The maximum atomic E-state index is 12.0. The fourth-order valence-electron chi connectivity index (χ4n) is 1.66. The molecule has 7 heteroatoms. The number of nitrogens with one attached hydrogen (secondary N) is 3. The van der Waals surface area contributed by atoms with Gasteiger partial charge in [0, 0.05) is 11.6 Å². The molecule has 1 heterocycles. The van der Waals surface area contributed by atoms with Crippen molar-refractivity contribution in [3.8, 4) is 0 Å². The number of hydrogen-bond acceptors (Lipinski definition) is 3. The van der Waals surface area contributed by atoms with Crippen LogP contribution in [0.15, 0.2) is 53.7 Å². The number of H-pyrrole nitrogens is 1. The van der Waals surface area contributed by atoms with Crippen LogP contribution >= 0.6 is 0 Å². The summed E-state index contributed by atoms with van der Waals surface area (Å²) >= 11 is 0. The summed E-state index contributed by atoms with van der Waals surface area (Å²) in [6, 6.07) is 9.09. The van der Waals surface area contributed by atoms with E-state index in [0.717, 1.165) is 11.1 Å². The van der Waals surface area contributed by atoms with E-state index in [1.165, 1.54) is 12.1 Å². The molecule has 1 aromatic heterocycles. The molecule has 3 N–H and O–H groups in total. The summed E-state index contributed by atoms with van der Waals surface area (Å²) in [5, 5.41) is 2.49. The number of carbonyl (C=O) groups is 1. The number of sulfonamides is 1. The second-order valence-electron chi connectivity index (χ2n) is 4.51. The van der Waals surface area contributed by atoms with Crippen LogP contribution in [-0.4, -0.2) is 14.4 Å². The van der Waals surface area contributed by atoms with Crippen molar-refractivity contribution in [2.75, 3.05) is 0 Å². The molecule has 0 aliphatic rings. The van der Waals surface area contributed by atoms with Crippen LogP contribution in [0.4, 0.5) is 4.79 Å². The van der Waals surface area contributed by atoms with Gasteiger partial charge in [-0.1, -0.05) is 17.7 Å². The SMILES string of the molecule is Cc1ccc(S(=O)(=O)NC(=O)NCc2ccc[nH+]c2)cc1. The quantitative estimate of drug-likeness (QED) is 0.883. The van der Waals surface area contributed by atoms with Gasteiger partial charge in [0.2, 0.25) is 0 Å². The number of aromatic nitrogens is 1. The van der Waals surface area contributed by atoms with Crippen molar-refractivity contribution in [3.05, 3.63) is 59.9 Å². The predicted molar refractivity (Wildman–Crippen MR) is 76.7 cm³/mol. The lowest BCUT2D eigenvalue weighted by Crippen LogP contribution is -2.39. The first-order valence-electron chi connectivity index (χ1n) is 6.30. The highest BCUT2D eigenvalue weighted by Gasteiger charge is 2.17. The number of hydrogen-bond donors (Lipinski definition) is 2. The maximum Gasteiger partial charge on any atom is 0.328 e. The normalized spacial score (nSPS) is 10.9. The standard InChI is InChI=1S/C14H15N3O3S/c1-11-4-6-13(7-5-11)21(19,20)17-14(18)16-10-12-3-2-8-15-9-12/h2-9H,10H2,1H3,(H2,16,17,18)/p+1. The van der Waals surface area contributed by atoms with Crippen LogP contribution in [0.25, 0.3) is 0 Å². The number of benzene rings is 1. The molecule has 6 nitrogen and oxygen atoms in total. The second-order valence-corrected chi connectivity index (χ2v) is 6.20. The van der Waals surface area contributed by atoms with Gasteiger partial charge in [-0.3, -0.25) is 0 Å². The average molecular weight is 306 g/mol. The molecule has 0 saturated carbocycles. The summed E-state index contributed by atoms with van der Waals surface area (Å²) in [6.07, 6.45) is 3.46. The summed E-state index contributed by atoms with van der Waals surface area (Å²) in [7, 11) is -3.85. The lowest BCUT2D eigenvalue weighted by atomic mass is 10.2. The Morgan fingerprint density at radius 2 is 1.90 bits per heavy atom. The number of amides is 2. The molecule has 110 valence electrons. The highest BCUT2D eigenvalue weighted by Crippen LogP contribution is 2.09. The molecule has 2 aromatic rings. The minimum atomic E-state index is -3.85. The Hall–Kier alpha value is -2.41. The number of aryl methyl sites for hydroxylation is 1. The van der Waals surface area contributed by atoms with Crippen molar-refractivity contribution in [2.45, 2.75) is 18.4 Å². The van der Waals surface area contributed by atoms with E-state index in [9.17, 15) is 13.2 Å². The number of aromatic amines is 1. The molecule has 21 heavy (non-hydrogen) atoms. The Morgan fingerprint density at radius 3 is 2.52 bits per heavy atom. The number of carbonyl (C=O) groups excluding carboxylic acids is 1. The molecule has 0 aliphatic heterocycles. The summed E-state index contributed by atoms with van der Waals surface area (Å²) < 4.78 is 25.9. The average Bonchev–Trinajstić information content (AvgIpc) is 2.46. The second kappa shape index (κ2) is 6.36. The largest absolute Gasteiger partial charge is 0.333 e. The highest BCUT2D eigenvalue weighted by molar-refractivity contribution is 7.90. The highest BCUT2D eigenvalue weighted by atomic mass is 32.2. The Morgan fingerprint density at radius 1 is 1.19 bits per heavy atom. The zero-order valence-corrected chi connectivity index (χ0v) is 12.3. The monoisotopic (exact) mass is 306 g/mol. The first kappa shape index (κ1) is 15.0. The summed E-state index contributed by atoms with van der Waals surface area (Å²) in [5.74, 6) is 0. The van der Waals surface area contributed by atoms with Crippen LogP contribution in [0.3, 0.4) is 0 Å². The molecule has 0 bridgehead atoms. The van der Waals surface area contributed by atoms with Crippen LogP contribution in [0.5, 0.6) is 0 Å². The molecule has 2 rings (SSSR count). The minimum absolute atomic E-state index is 0.0521. The zero-order valence-electron chi connectivity index (χ0n) is 11.5. The summed E-state index contributed by atoms with van der Waals surface area (Å²) in [6.45, 7) is 2.08. The zero-order chi connectivity index (χ0) is 15.3. The van der Waals surface area contributed by atoms with Gasteiger partial charge in [-0.15, -0.1) is 0 Å². The van der Waals surface area contributed by atoms with Crippen LogP contribution in [0.1, 0.15) is 11.1 Å². The third kappa shape index (κ3) is 4.28. The van der Waals surface area contributed by atoms with Crippen LogP contribution in [-0.2, 0) is 16.6 Å². The van der Waals surface area contributed by atoms with E-state index < -0.39 is 16.1 Å². The van der Waals surface area contributed by atoms with E-state index >= 15 is 0 Å². The van der Waals surface area contributed by atoms with Gasteiger partial charge < -0.3 is 5.32 Å². The number of urea groups is 1. The van der Waals surface area contributed by atoms with Crippen LogP contribution < -0.4 is 15.0 Å². The first-order valence-corrected chi connectivity index (χ1v) is 7.78. The van der Waals surface area contributed by atoms with Crippen molar-refractivity contribution in [1.82, 2.24) is 10.0 Å². The van der Waals surface area contributed by atoms with E-state index in [0.29, 0.717) is 0 Å². The molecule has 2 amide bonds. The van der Waals surface area contributed by atoms with E-state index in [2.05, 4.69) is 10.3 Å². The van der Waals surface area contributed by atoms with Gasteiger partial charge in [0.05, 0.1) is 11.4 Å². The number of rotatable bonds is 4. The summed E-state index contributed by atoms with van der Waals surface area (Å²) in [4.78, 5) is 14.6. The van der Waals surface area contributed by atoms with Crippen LogP contribution in [0.2, 0.25) is 0 Å². The van der Waals surface area contributed by atoms with Gasteiger partial charge in [0.15, 0.2) is 12.4 Å². The Labute approximate surface area is 123 Å². The van der Waals surface area contributed by atoms with Gasteiger partial charge in [-0.25, -0.2) is 22.9 Å². The van der Waals surface area contributed by atoms with E-state index in [1.54, 1.807) is 30.6 Å². The smallest absolute Gasteiger partial charge is 0.328 e. The topological polar surface area (TPSA) is 89.4 Å². The van der Waals surface area contributed by atoms with E-state index in [1.807, 2.05) is 17.7 Å². The molecule has 0 radical (unpaired) electrons. The van der Waals surface area contributed by atoms with E-state index in [4.69, 9.17) is 0 Å². The third-order valence-corrected chi connectivity index (χ3v) is 4.13. The molecular weight excluding hydrogens is 290 g/mol. The first-order chi connectivity index (χ1) is 9.97. The molecule has 0 aliphatic carbocycles. The molecule has 0 spiro atoms. The van der Waals surface area contributed by atoms with Crippen molar-refractivity contribution in [2.24, 2.45) is 0 Å². The third-order valence-electron chi connectivity index (χ3n) is 2.78. The molecule has 0 unspecified atom stereocenters. The number of pyridine rings is 1. The molecule has 0 atom stereocenters. The predicted octanol–water partition coefficient (Wildman–Crippen LogP) is 0.997. The van der Waals surface area contributed by atoms with E-state index in [-0.39, 0.29) is 11.4 Å². The van der Waals surface area contributed by atoms with Crippen molar-refractivity contribution < 1.29 is 18.2 Å². The minimum Gasteiger partial charge on any atom is -0.333 e. The van der Waals surface area contributed by atoms with Crippen LogP contribution in [0, 0.1) is 6.92 Å². The molecule has 1 aromatic carbocycles. The molecule has 0 saturated heterocycles. The summed E-state index contributed by atoms with van der Waals surface area (Å²) in [5.41, 5.74) is 1.78. The lowest BCUT2D eigenvalue weighted by Gasteiger charge is -2.08. The Balaban J connectivity index is 1.97.